The Hall–Kier alpha value is -3.23. The molecule has 1 saturated carbocycles. The Morgan fingerprint density at radius 3 is 2.61 bits per heavy atom. The number of amides is 1. The van der Waals surface area contributed by atoms with E-state index in [4.69, 9.17) is 4.52 Å². The Balaban J connectivity index is 1.65. The van der Waals surface area contributed by atoms with Gasteiger partial charge < -0.3 is 9.84 Å². The zero-order valence-corrected chi connectivity index (χ0v) is 17.7. The molecule has 0 atom stereocenters. The average molecular weight is 430 g/mol. The molecule has 164 valence electrons. The number of benzene rings is 1. The van der Waals surface area contributed by atoms with Gasteiger partial charge in [0.15, 0.2) is 23.1 Å². The van der Waals surface area contributed by atoms with Gasteiger partial charge in [0.1, 0.15) is 5.69 Å². The van der Waals surface area contributed by atoms with E-state index in [1.165, 1.54) is 19.1 Å². The van der Waals surface area contributed by atoms with Crippen LogP contribution in [-0.2, 0) is 7.05 Å². The van der Waals surface area contributed by atoms with Gasteiger partial charge in [-0.3, -0.25) is 14.3 Å². The second kappa shape index (κ2) is 8.13. The highest BCUT2D eigenvalue weighted by Crippen LogP contribution is 2.30. The Bertz CT molecular complexity index is 1200. The molecule has 0 spiro atoms. The molecule has 0 aliphatic heterocycles. The van der Waals surface area contributed by atoms with Crippen molar-refractivity contribution in [3.05, 3.63) is 57.1 Å². The quantitative estimate of drug-likeness (QED) is 0.661. The van der Waals surface area contributed by atoms with Crippen molar-refractivity contribution in [1.82, 2.24) is 14.5 Å². The van der Waals surface area contributed by atoms with Crippen LogP contribution >= 0.6 is 0 Å². The number of hydrogen-bond donors (Lipinski definition) is 1. The van der Waals surface area contributed by atoms with Gasteiger partial charge in [-0.1, -0.05) is 30.5 Å². The normalized spacial score (nSPS) is 14.7. The van der Waals surface area contributed by atoms with Gasteiger partial charge in [0.25, 0.3) is 11.5 Å². The van der Waals surface area contributed by atoms with Crippen molar-refractivity contribution in [2.45, 2.75) is 52.0 Å². The molecular weight excluding hydrogens is 406 g/mol. The summed E-state index contributed by atoms with van der Waals surface area (Å²) in [5, 5.41) is 6.39. The summed E-state index contributed by atoms with van der Waals surface area (Å²) >= 11 is 0. The van der Waals surface area contributed by atoms with E-state index in [9.17, 15) is 18.4 Å². The number of nitrogens with one attached hydrogen (secondary N) is 1. The van der Waals surface area contributed by atoms with Crippen LogP contribution in [0.1, 0.15) is 59.9 Å². The smallest absolute Gasteiger partial charge is 0.291 e. The molecule has 0 bridgehead atoms. The highest BCUT2D eigenvalue weighted by Gasteiger charge is 2.27. The van der Waals surface area contributed by atoms with Gasteiger partial charge in [0.2, 0.25) is 0 Å². The summed E-state index contributed by atoms with van der Waals surface area (Å²) in [5.41, 5.74) is 0.576. The van der Waals surface area contributed by atoms with Gasteiger partial charge in [-0.05, 0) is 38.8 Å². The lowest BCUT2D eigenvalue weighted by Crippen LogP contribution is -2.29. The fourth-order valence-electron chi connectivity index (χ4n) is 4.26. The molecule has 1 N–H and O–H groups in total. The third-order valence-electron chi connectivity index (χ3n) is 6.09. The van der Waals surface area contributed by atoms with Gasteiger partial charge in [0.05, 0.1) is 17.3 Å². The van der Waals surface area contributed by atoms with Crippen LogP contribution < -0.4 is 10.9 Å². The van der Waals surface area contributed by atoms with E-state index in [0.29, 0.717) is 5.69 Å². The predicted octanol–water partition coefficient (Wildman–Crippen LogP) is 4.49. The molecule has 1 aliphatic rings. The molecule has 9 heteroatoms. The summed E-state index contributed by atoms with van der Waals surface area (Å²) in [7, 11) is 1.80. The molecule has 7 nitrogen and oxygen atoms in total. The highest BCUT2D eigenvalue weighted by atomic mass is 19.2. The second-order valence-electron chi connectivity index (χ2n) is 7.97. The standard InChI is InChI=1S/C22H24F2N4O3/c1-12-18(26-31-20(12)15-10-7-11-16(23)17(15)24)21(29)25-19-13(2)27(3)28(22(19)30)14-8-5-4-6-9-14/h7,10-11,14H,4-6,8-9H2,1-3H3,(H,25,29). The molecule has 2 aromatic heterocycles. The van der Waals surface area contributed by atoms with Crippen LogP contribution in [0.3, 0.4) is 0 Å². The minimum Gasteiger partial charge on any atom is -0.355 e. The third kappa shape index (κ3) is 3.58. The molecule has 31 heavy (non-hydrogen) atoms. The highest BCUT2D eigenvalue weighted by molar-refractivity contribution is 6.04. The molecule has 0 saturated heterocycles. The maximum Gasteiger partial charge on any atom is 0.291 e. The van der Waals surface area contributed by atoms with Crippen molar-refractivity contribution in [3.63, 3.8) is 0 Å². The lowest BCUT2D eigenvalue weighted by atomic mass is 9.96. The van der Waals surface area contributed by atoms with E-state index in [1.807, 2.05) is 0 Å². The first-order chi connectivity index (χ1) is 14.8. The zero-order chi connectivity index (χ0) is 22.3. The summed E-state index contributed by atoms with van der Waals surface area (Å²) < 4.78 is 36.4. The van der Waals surface area contributed by atoms with E-state index >= 15 is 0 Å². The number of carbonyl (C=O) groups is 1. The lowest BCUT2D eigenvalue weighted by Gasteiger charge is -2.24. The largest absolute Gasteiger partial charge is 0.355 e. The lowest BCUT2D eigenvalue weighted by molar-refractivity contribution is 0.101. The number of aromatic nitrogens is 3. The third-order valence-corrected chi connectivity index (χ3v) is 6.09. The first kappa shape index (κ1) is 21.0. The van der Waals surface area contributed by atoms with Crippen LogP contribution in [0.2, 0.25) is 0 Å². The molecule has 1 aromatic carbocycles. The monoisotopic (exact) mass is 430 g/mol. The summed E-state index contributed by atoms with van der Waals surface area (Å²) in [6.07, 6.45) is 5.16. The van der Waals surface area contributed by atoms with Gasteiger partial charge in [-0.2, -0.15) is 0 Å². The number of carbonyl (C=O) groups excluding carboxylic acids is 1. The first-order valence-electron chi connectivity index (χ1n) is 10.3. The van der Waals surface area contributed by atoms with Gasteiger partial charge >= 0.3 is 0 Å². The maximum absolute atomic E-state index is 14.1. The molecule has 0 radical (unpaired) electrons. The van der Waals surface area contributed by atoms with Crippen molar-refractivity contribution in [1.29, 1.82) is 0 Å². The molecular formula is C22H24F2N4O3. The number of rotatable bonds is 4. The van der Waals surface area contributed by atoms with Crippen LogP contribution in [-0.4, -0.2) is 20.4 Å². The van der Waals surface area contributed by atoms with Crippen molar-refractivity contribution in [3.8, 4) is 11.3 Å². The van der Waals surface area contributed by atoms with Crippen molar-refractivity contribution >= 4 is 11.6 Å². The van der Waals surface area contributed by atoms with E-state index in [0.717, 1.165) is 38.2 Å². The molecule has 4 rings (SSSR count). The Morgan fingerprint density at radius 1 is 1.19 bits per heavy atom. The minimum absolute atomic E-state index is 0.0356. The number of nitrogens with zero attached hydrogens (tertiary/aromatic N) is 3. The fourth-order valence-corrected chi connectivity index (χ4v) is 4.26. The van der Waals surface area contributed by atoms with Crippen LogP contribution in [0.4, 0.5) is 14.5 Å². The summed E-state index contributed by atoms with van der Waals surface area (Å²) in [6, 6.07) is 3.79. The number of hydrogen-bond acceptors (Lipinski definition) is 4. The zero-order valence-electron chi connectivity index (χ0n) is 17.7. The van der Waals surface area contributed by atoms with Gasteiger partial charge in [-0.25, -0.2) is 13.5 Å². The maximum atomic E-state index is 14.1. The average Bonchev–Trinajstić information content (AvgIpc) is 3.23. The van der Waals surface area contributed by atoms with Crippen LogP contribution in [0, 0.1) is 25.5 Å². The van der Waals surface area contributed by atoms with Crippen LogP contribution in [0.15, 0.2) is 27.5 Å². The van der Waals surface area contributed by atoms with Crippen molar-refractivity contribution < 1.29 is 18.1 Å². The number of halogens is 2. The van der Waals surface area contributed by atoms with E-state index in [2.05, 4.69) is 10.5 Å². The Labute approximate surface area is 177 Å². The van der Waals surface area contributed by atoms with E-state index in [-0.39, 0.29) is 39.9 Å². The molecule has 2 heterocycles. The predicted molar refractivity (Wildman–Crippen MR) is 111 cm³/mol. The summed E-state index contributed by atoms with van der Waals surface area (Å²) in [5.74, 6) is -2.79. The summed E-state index contributed by atoms with van der Waals surface area (Å²) in [6.45, 7) is 3.29. The molecule has 3 aromatic rings. The van der Waals surface area contributed by atoms with Crippen molar-refractivity contribution in [2.24, 2.45) is 7.05 Å². The molecule has 1 aliphatic carbocycles. The topological polar surface area (TPSA) is 82.1 Å². The molecule has 0 unspecified atom stereocenters. The Kier molecular flexibility index (Phi) is 5.51. The molecule has 1 fully saturated rings. The van der Waals surface area contributed by atoms with Gasteiger partial charge in [0, 0.05) is 12.6 Å². The number of anilines is 1. The summed E-state index contributed by atoms with van der Waals surface area (Å²) in [4.78, 5) is 25.9. The van der Waals surface area contributed by atoms with E-state index in [1.54, 1.807) is 23.3 Å². The van der Waals surface area contributed by atoms with E-state index < -0.39 is 17.5 Å². The van der Waals surface area contributed by atoms with Gasteiger partial charge in [-0.15, -0.1) is 0 Å². The van der Waals surface area contributed by atoms with Crippen LogP contribution in [0.5, 0.6) is 0 Å². The minimum atomic E-state index is -1.08. The van der Waals surface area contributed by atoms with Crippen molar-refractivity contribution in [2.75, 3.05) is 5.32 Å². The second-order valence-corrected chi connectivity index (χ2v) is 7.97. The first-order valence-corrected chi connectivity index (χ1v) is 10.3. The Morgan fingerprint density at radius 2 is 1.90 bits per heavy atom. The SMILES string of the molecule is Cc1c(C(=O)Nc2c(C)n(C)n(C3CCCCC3)c2=O)noc1-c1cccc(F)c1F. The van der Waals surface area contributed by atoms with Crippen LogP contribution in [0.25, 0.3) is 11.3 Å². The molecule has 1 amide bonds. The fraction of sp³-hybridized carbons (Fsp3) is 0.409.